The molecule has 3 heterocycles. The number of benzene rings is 4. The van der Waals surface area contributed by atoms with Crippen LogP contribution in [0.2, 0.25) is 0 Å². The van der Waals surface area contributed by atoms with E-state index in [0.717, 1.165) is 42.9 Å². The maximum atomic E-state index is 14.1. The topological polar surface area (TPSA) is 70.4 Å². The summed E-state index contributed by atoms with van der Waals surface area (Å²) in [5.74, 6) is -1.29. The van der Waals surface area contributed by atoms with E-state index >= 15 is 0 Å². The van der Waals surface area contributed by atoms with Crippen molar-refractivity contribution in [1.29, 1.82) is 5.26 Å². The van der Waals surface area contributed by atoms with Gasteiger partial charge in [-0.05, 0) is 67.5 Å². The van der Waals surface area contributed by atoms with Crippen LogP contribution in [0.4, 0.5) is 5.69 Å². The summed E-state index contributed by atoms with van der Waals surface area (Å²) in [6.45, 7) is 2.01. The van der Waals surface area contributed by atoms with Gasteiger partial charge in [-0.3, -0.25) is 9.59 Å². The predicted molar refractivity (Wildman–Crippen MR) is 146 cm³/mol. The monoisotopic (exact) mass is 500 g/mol. The Labute approximate surface area is 221 Å². The third-order valence-corrected chi connectivity index (χ3v) is 9.20. The zero-order valence-corrected chi connectivity index (χ0v) is 21.3. The number of carbonyl (C=O) groups excluding carboxylic acids is 2. The van der Waals surface area contributed by atoms with Gasteiger partial charge in [0, 0.05) is 10.8 Å². The maximum Gasteiger partial charge on any atom is 0.240 e. The molecular formula is C33H28N2O3. The fraction of sp³-hybridized carbons (Fsp3) is 0.303. The molecule has 188 valence electrons. The minimum atomic E-state index is -0.631. The van der Waals surface area contributed by atoms with Gasteiger partial charge in [0.15, 0.2) is 0 Å². The highest BCUT2D eigenvalue weighted by Crippen LogP contribution is 2.62. The van der Waals surface area contributed by atoms with Gasteiger partial charge >= 0.3 is 0 Å². The van der Waals surface area contributed by atoms with Gasteiger partial charge in [0.1, 0.15) is 0 Å². The number of aryl methyl sites for hydroxylation is 1. The molecule has 0 aromatic heterocycles. The minimum Gasteiger partial charge on any atom is -0.367 e. The van der Waals surface area contributed by atoms with Crippen molar-refractivity contribution in [3.05, 3.63) is 90.0 Å². The largest absolute Gasteiger partial charge is 0.367 e. The fourth-order valence-electron chi connectivity index (χ4n) is 7.51. The standard InChI is InChI=1S/C33H28N2O3/c1-32-18-19-33(38-32,17-7-11-22-10-6-9-21-8-2-3-12-24(21)22)29-28(32)30(36)35(31(29)37)27-16-15-23(20-34)25-13-4-5-14-26(25)27/h2-6,8-10,12-16,28-29H,7,11,17-19H2,1H3. The van der Waals surface area contributed by atoms with Crippen LogP contribution < -0.4 is 4.90 Å². The highest BCUT2D eigenvalue weighted by atomic mass is 16.5. The summed E-state index contributed by atoms with van der Waals surface area (Å²) in [7, 11) is 0. The molecule has 0 spiro atoms. The van der Waals surface area contributed by atoms with Crippen molar-refractivity contribution < 1.29 is 14.3 Å². The minimum absolute atomic E-state index is 0.163. The first-order valence-electron chi connectivity index (χ1n) is 13.4. The molecule has 0 saturated carbocycles. The van der Waals surface area contributed by atoms with Gasteiger partial charge in [-0.15, -0.1) is 0 Å². The second-order valence-electron chi connectivity index (χ2n) is 11.2. The van der Waals surface area contributed by atoms with Gasteiger partial charge in [0.25, 0.3) is 0 Å². The molecule has 4 aromatic rings. The first-order chi connectivity index (χ1) is 18.5. The summed E-state index contributed by atoms with van der Waals surface area (Å²) >= 11 is 0. The molecule has 0 N–H and O–H groups in total. The molecule has 3 saturated heterocycles. The van der Waals surface area contributed by atoms with Crippen molar-refractivity contribution in [2.24, 2.45) is 11.8 Å². The van der Waals surface area contributed by atoms with E-state index in [1.165, 1.54) is 21.2 Å². The van der Waals surface area contributed by atoms with Crippen LogP contribution in [0.5, 0.6) is 0 Å². The van der Waals surface area contributed by atoms with Gasteiger partial charge in [-0.1, -0.05) is 66.7 Å². The van der Waals surface area contributed by atoms with E-state index in [9.17, 15) is 14.9 Å². The number of anilines is 1. The molecule has 7 rings (SSSR count). The zero-order chi connectivity index (χ0) is 26.1. The molecule has 5 heteroatoms. The van der Waals surface area contributed by atoms with Gasteiger partial charge < -0.3 is 4.74 Å². The van der Waals surface area contributed by atoms with Crippen molar-refractivity contribution >= 4 is 39.0 Å². The lowest BCUT2D eigenvalue weighted by Crippen LogP contribution is -2.42. The first kappa shape index (κ1) is 23.1. The SMILES string of the molecule is CC12CCC(CCCc3cccc4ccccc34)(O1)C1C(=O)N(c3ccc(C#N)c4ccccc34)C(=O)C12. The predicted octanol–water partition coefficient (Wildman–Crippen LogP) is 6.31. The lowest BCUT2D eigenvalue weighted by atomic mass is 9.67. The maximum absolute atomic E-state index is 14.1. The van der Waals surface area contributed by atoms with Crippen LogP contribution in [0.25, 0.3) is 21.5 Å². The molecular weight excluding hydrogens is 472 g/mol. The van der Waals surface area contributed by atoms with E-state index in [1.54, 1.807) is 12.1 Å². The van der Waals surface area contributed by atoms with Crippen LogP contribution in [0.1, 0.15) is 43.7 Å². The van der Waals surface area contributed by atoms with E-state index in [0.29, 0.717) is 11.3 Å². The van der Waals surface area contributed by atoms with Crippen LogP contribution >= 0.6 is 0 Å². The number of imide groups is 1. The number of rotatable bonds is 5. The average molecular weight is 501 g/mol. The molecule has 5 nitrogen and oxygen atoms in total. The Bertz CT molecular complexity index is 1680. The number of amides is 2. The van der Waals surface area contributed by atoms with Crippen LogP contribution in [0.3, 0.4) is 0 Å². The van der Waals surface area contributed by atoms with Crippen LogP contribution in [0.15, 0.2) is 78.9 Å². The number of hydrogen-bond donors (Lipinski definition) is 0. The number of nitrogens with zero attached hydrogens (tertiary/aromatic N) is 2. The van der Waals surface area contributed by atoms with E-state index < -0.39 is 23.0 Å². The van der Waals surface area contributed by atoms with E-state index in [1.807, 2.05) is 31.2 Å². The van der Waals surface area contributed by atoms with Gasteiger partial charge in [0.05, 0.1) is 40.4 Å². The number of hydrogen-bond acceptors (Lipinski definition) is 4. The summed E-state index contributed by atoms with van der Waals surface area (Å²) in [6, 6.07) is 28.0. The second-order valence-corrected chi connectivity index (χ2v) is 11.2. The Morgan fingerprint density at radius 1 is 0.868 bits per heavy atom. The smallest absolute Gasteiger partial charge is 0.240 e. The normalized spacial score (nSPS) is 27.8. The average Bonchev–Trinajstić information content (AvgIpc) is 3.52. The van der Waals surface area contributed by atoms with Crippen LogP contribution in [-0.2, 0) is 20.7 Å². The molecule has 2 bridgehead atoms. The van der Waals surface area contributed by atoms with Crippen molar-refractivity contribution in [3.63, 3.8) is 0 Å². The molecule has 4 aromatic carbocycles. The lowest BCUT2D eigenvalue weighted by molar-refractivity contribution is -0.130. The zero-order valence-electron chi connectivity index (χ0n) is 21.3. The van der Waals surface area contributed by atoms with Crippen molar-refractivity contribution in [2.75, 3.05) is 4.90 Å². The van der Waals surface area contributed by atoms with E-state index in [2.05, 4.69) is 48.5 Å². The second kappa shape index (κ2) is 8.24. The van der Waals surface area contributed by atoms with E-state index in [-0.39, 0.29) is 11.8 Å². The molecule has 4 atom stereocenters. The summed E-state index contributed by atoms with van der Waals surface area (Å²) in [5, 5.41) is 13.6. The summed E-state index contributed by atoms with van der Waals surface area (Å²) < 4.78 is 6.68. The molecule has 3 aliphatic heterocycles. The first-order valence-corrected chi connectivity index (χ1v) is 13.4. The molecule has 4 unspecified atom stereocenters. The summed E-state index contributed by atoms with van der Waals surface area (Å²) in [6.07, 6.45) is 4.10. The van der Waals surface area contributed by atoms with Crippen molar-refractivity contribution in [2.45, 2.75) is 50.2 Å². The Kier molecular flexibility index (Phi) is 5.02. The Morgan fingerprint density at radius 3 is 2.39 bits per heavy atom. The van der Waals surface area contributed by atoms with Crippen molar-refractivity contribution in [1.82, 2.24) is 0 Å². The number of fused-ring (bicyclic) bond motifs is 7. The third kappa shape index (κ3) is 3.14. The fourth-order valence-corrected chi connectivity index (χ4v) is 7.51. The lowest BCUT2D eigenvalue weighted by Gasteiger charge is -2.31. The third-order valence-electron chi connectivity index (χ3n) is 9.20. The summed E-state index contributed by atoms with van der Waals surface area (Å²) in [4.78, 5) is 29.4. The Hall–Kier alpha value is -4.01. The number of ether oxygens (including phenoxy) is 1. The van der Waals surface area contributed by atoms with E-state index in [4.69, 9.17) is 4.74 Å². The van der Waals surface area contributed by atoms with Crippen LogP contribution in [-0.4, -0.2) is 23.0 Å². The molecule has 3 aliphatic rings. The van der Waals surface area contributed by atoms with Gasteiger partial charge in [0.2, 0.25) is 11.8 Å². The summed E-state index contributed by atoms with van der Waals surface area (Å²) in [5.41, 5.74) is 1.15. The van der Waals surface area contributed by atoms with Gasteiger partial charge in [-0.2, -0.15) is 5.26 Å². The van der Waals surface area contributed by atoms with Crippen LogP contribution in [0, 0.1) is 23.2 Å². The quantitative estimate of drug-likeness (QED) is 0.301. The van der Waals surface area contributed by atoms with Gasteiger partial charge in [-0.25, -0.2) is 4.90 Å². The molecule has 0 radical (unpaired) electrons. The Morgan fingerprint density at radius 2 is 1.58 bits per heavy atom. The number of nitriles is 1. The highest BCUT2D eigenvalue weighted by Gasteiger charge is 2.73. The van der Waals surface area contributed by atoms with Crippen molar-refractivity contribution in [3.8, 4) is 6.07 Å². The number of carbonyl (C=O) groups is 2. The highest BCUT2D eigenvalue weighted by molar-refractivity contribution is 6.26. The molecule has 0 aliphatic carbocycles. The Balaban J connectivity index is 1.21. The molecule has 3 fully saturated rings. The molecule has 2 amide bonds. The molecule has 38 heavy (non-hydrogen) atoms.